The molecule has 24 heavy (non-hydrogen) atoms. The van der Waals surface area contributed by atoms with Crippen LogP contribution in [0.3, 0.4) is 0 Å². The van der Waals surface area contributed by atoms with E-state index in [0.29, 0.717) is 31.5 Å². The van der Waals surface area contributed by atoms with Crippen molar-refractivity contribution in [3.8, 4) is 0 Å². The fraction of sp³-hybridized carbons (Fsp3) is 0.562. The molecular weight excluding hydrogens is 355 g/mol. The first-order valence-electron chi connectivity index (χ1n) is 7.84. The van der Waals surface area contributed by atoms with Crippen LogP contribution in [0, 0.1) is 5.82 Å². The van der Waals surface area contributed by atoms with Crippen LogP contribution in [0.5, 0.6) is 0 Å². The fourth-order valence-electron chi connectivity index (χ4n) is 3.65. The number of carbonyl (C=O) groups excluding carboxylic acids is 1. The molecule has 1 aromatic rings. The number of carbonyl (C=O) groups is 1. The highest BCUT2D eigenvalue weighted by molar-refractivity contribution is 7.92. The Labute approximate surface area is 147 Å². The van der Waals surface area contributed by atoms with Gasteiger partial charge in [-0.1, -0.05) is 12.1 Å². The molecule has 0 saturated carbocycles. The molecule has 1 aromatic carbocycles. The van der Waals surface area contributed by atoms with Crippen LogP contribution in [0.4, 0.5) is 4.39 Å². The van der Waals surface area contributed by atoms with Crippen molar-refractivity contribution in [2.45, 2.75) is 36.5 Å². The summed E-state index contributed by atoms with van der Waals surface area (Å²) in [5.74, 6) is -0.720. The van der Waals surface area contributed by atoms with Gasteiger partial charge in [-0.3, -0.25) is 4.79 Å². The molecule has 8 heteroatoms. The molecule has 1 aliphatic heterocycles. The zero-order valence-corrected chi connectivity index (χ0v) is 15.1. The van der Waals surface area contributed by atoms with E-state index in [1.165, 1.54) is 6.07 Å². The standard InChI is InChI=1S/C16H21FN2O3S.ClH/c1-23(21,22)16(7-9-18-10-8-16)15(20)19-14-6-5-11-12(14)3-2-4-13(11)17;/h2-4,14,18H,5-10H2,1H3,(H,19,20);1H. The largest absolute Gasteiger partial charge is 0.348 e. The van der Waals surface area contributed by atoms with Crippen LogP contribution >= 0.6 is 12.4 Å². The first-order valence-corrected chi connectivity index (χ1v) is 9.73. The highest BCUT2D eigenvalue weighted by Crippen LogP contribution is 2.35. The number of nitrogens with one attached hydrogen (secondary N) is 2. The van der Waals surface area contributed by atoms with E-state index in [9.17, 15) is 17.6 Å². The number of fused-ring (bicyclic) bond motifs is 1. The smallest absolute Gasteiger partial charge is 0.242 e. The van der Waals surface area contributed by atoms with E-state index in [2.05, 4.69) is 10.6 Å². The van der Waals surface area contributed by atoms with Crippen LogP contribution in [0.1, 0.15) is 36.4 Å². The molecule has 0 spiro atoms. The normalized spacial score (nSPS) is 22.3. The highest BCUT2D eigenvalue weighted by Gasteiger charge is 2.49. The molecule has 3 rings (SSSR count). The Hall–Kier alpha value is -1.18. The number of hydrogen-bond donors (Lipinski definition) is 2. The minimum Gasteiger partial charge on any atom is -0.348 e. The van der Waals surface area contributed by atoms with Crippen molar-refractivity contribution in [2.75, 3.05) is 19.3 Å². The monoisotopic (exact) mass is 376 g/mol. The maximum absolute atomic E-state index is 13.8. The number of rotatable bonds is 3. The zero-order chi connectivity index (χ0) is 16.7. The molecule has 134 valence electrons. The lowest BCUT2D eigenvalue weighted by atomic mass is 9.95. The van der Waals surface area contributed by atoms with E-state index in [4.69, 9.17) is 0 Å². The van der Waals surface area contributed by atoms with Gasteiger partial charge in [-0.05, 0) is 56.0 Å². The second-order valence-corrected chi connectivity index (χ2v) is 8.71. The molecule has 0 bridgehead atoms. The minimum atomic E-state index is -3.54. The number of amides is 1. The van der Waals surface area contributed by atoms with Gasteiger partial charge in [0.1, 0.15) is 5.82 Å². The zero-order valence-electron chi connectivity index (χ0n) is 13.5. The summed E-state index contributed by atoms with van der Waals surface area (Å²) in [6.07, 6.45) is 2.81. The van der Waals surface area contributed by atoms with E-state index >= 15 is 0 Å². The number of sulfone groups is 1. The van der Waals surface area contributed by atoms with Crippen molar-refractivity contribution >= 4 is 28.2 Å². The molecule has 0 radical (unpaired) electrons. The van der Waals surface area contributed by atoms with Crippen LogP contribution < -0.4 is 10.6 Å². The van der Waals surface area contributed by atoms with E-state index < -0.39 is 20.5 Å². The summed E-state index contributed by atoms with van der Waals surface area (Å²) >= 11 is 0. The van der Waals surface area contributed by atoms with Gasteiger partial charge < -0.3 is 10.6 Å². The molecule has 1 amide bonds. The molecular formula is C16H22ClFN2O3S. The minimum absolute atomic E-state index is 0. The van der Waals surface area contributed by atoms with Gasteiger partial charge in [0.2, 0.25) is 5.91 Å². The van der Waals surface area contributed by atoms with Gasteiger partial charge in [-0.15, -0.1) is 12.4 Å². The van der Waals surface area contributed by atoms with Crippen LogP contribution in [-0.2, 0) is 21.1 Å². The SMILES string of the molecule is CS(=O)(=O)C1(C(=O)NC2CCc3c(F)cccc32)CCNCC1.Cl. The first-order chi connectivity index (χ1) is 10.8. The third kappa shape index (κ3) is 3.17. The van der Waals surface area contributed by atoms with Gasteiger partial charge in [0.15, 0.2) is 14.6 Å². The number of hydrogen-bond acceptors (Lipinski definition) is 4. The summed E-state index contributed by atoms with van der Waals surface area (Å²) in [5.41, 5.74) is 1.38. The summed E-state index contributed by atoms with van der Waals surface area (Å²) in [6, 6.07) is 4.51. The predicted molar refractivity (Wildman–Crippen MR) is 92.5 cm³/mol. The summed E-state index contributed by atoms with van der Waals surface area (Å²) in [4.78, 5) is 12.8. The third-order valence-electron chi connectivity index (χ3n) is 5.05. The van der Waals surface area contributed by atoms with Crippen molar-refractivity contribution in [1.82, 2.24) is 10.6 Å². The topological polar surface area (TPSA) is 75.3 Å². The van der Waals surface area contributed by atoms with Gasteiger partial charge >= 0.3 is 0 Å². The molecule has 0 aromatic heterocycles. The lowest BCUT2D eigenvalue weighted by molar-refractivity contribution is -0.125. The summed E-state index contributed by atoms with van der Waals surface area (Å²) in [7, 11) is -3.54. The average molecular weight is 377 g/mol. The molecule has 1 heterocycles. The fourth-order valence-corrected chi connectivity index (χ4v) is 4.99. The van der Waals surface area contributed by atoms with E-state index in [0.717, 1.165) is 11.8 Å². The average Bonchev–Trinajstić information content (AvgIpc) is 2.91. The molecule has 1 fully saturated rings. The maximum Gasteiger partial charge on any atom is 0.242 e. The van der Waals surface area contributed by atoms with Crippen molar-refractivity contribution in [3.05, 3.63) is 35.1 Å². The quantitative estimate of drug-likeness (QED) is 0.838. The summed E-state index contributed by atoms with van der Waals surface area (Å²) < 4.78 is 37.0. The Morgan fingerprint density at radius 2 is 2.00 bits per heavy atom. The van der Waals surface area contributed by atoms with Gasteiger partial charge in [0, 0.05) is 6.26 Å². The molecule has 1 unspecified atom stereocenters. The van der Waals surface area contributed by atoms with Crippen LogP contribution in [0.2, 0.25) is 0 Å². The van der Waals surface area contributed by atoms with Gasteiger partial charge in [-0.25, -0.2) is 12.8 Å². The Kier molecular flexibility index (Phi) is 5.57. The summed E-state index contributed by atoms with van der Waals surface area (Å²) in [6.45, 7) is 0.993. The lowest BCUT2D eigenvalue weighted by Gasteiger charge is -2.35. The van der Waals surface area contributed by atoms with Crippen LogP contribution in [0.25, 0.3) is 0 Å². The van der Waals surface area contributed by atoms with Crippen molar-refractivity contribution < 1.29 is 17.6 Å². The first kappa shape index (κ1) is 19.1. The van der Waals surface area contributed by atoms with Crippen molar-refractivity contribution in [3.63, 3.8) is 0 Å². The van der Waals surface area contributed by atoms with Crippen molar-refractivity contribution in [1.29, 1.82) is 0 Å². The van der Waals surface area contributed by atoms with E-state index in [-0.39, 0.29) is 37.1 Å². The van der Waals surface area contributed by atoms with Gasteiger partial charge in [0.05, 0.1) is 6.04 Å². The Morgan fingerprint density at radius 1 is 1.33 bits per heavy atom. The lowest BCUT2D eigenvalue weighted by Crippen LogP contribution is -2.57. The number of halogens is 2. The molecule has 1 atom stereocenters. The molecule has 5 nitrogen and oxygen atoms in total. The van der Waals surface area contributed by atoms with Crippen LogP contribution in [0.15, 0.2) is 18.2 Å². The Bertz CT molecular complexity index is 733. The molecule has 2 N–H and O–H groups in total. The Morgan fingerprint density at radius 3 is 2.62 bits per heavy atom. The molecule has 1 saturated heterocycles. The maximum atomic E-state index is 13.8. The highest BCUT2D eigenvalue weighted by atomic mass is 35.5. The van der Waals surface area contributed by atoms with Crippen LogP contribution in [-0.4, -0.2) is 38.4 Å². The van der Waals surface area contributed by atoms with E-state index in [1.807, 2.05) is 0 Å². The summed E-state index contributed by atoms with van der Waals surface area (Å²) in [5, 5.41) is 5.96. The molecule has 2 aliphatic rings. The predicted octanol–water partition coefficient (Wildman–Crippen LogP) is 1.52. The van der Waals surface area contributed by atoms with Gasteiger partial charge in [-0.2, -0.15) is 0 Å². The van der Waals surface area contributed by atoms with Gasteiger partial charge in [0.25, 0.3) is 0 Å². The van der Waals surface area contributed by atoms with E-state index in [1.54, 1.807) is 12.1 Å². The Balaban J connectivity index is 0.00000208. The number of piperidine rings is 1. The third-order valence-corrected chi connectivity index (χ3v) is 7.07. The van der Waals surface area contributed by atoms with Crippen molar-refractivity contribution in [2.24, 2.45) is 0 Å². The number of benzene rings is 1. The second kappa shape index (κ2) is 6.98. The molecule has 1 aliphatic carbocycles. The second-order valence-electron chi connectivity index (χ2n) is 6.39.